The Morgan fingerprint density at radius 3 is 1.91 bits per heavy atom. The highest BCUT2D eigenvalue weighted by Crippen LogP contribution is 2.46. The van der Waals surface area contributed by atoms with Crippen LogP contribution in [-0.4, -0.2) is 22.2 Å². The van der Waals surface area contributed by atoms with Crippen molar-refractivity contribution < 1.29 is 19.8 Å². The lowest BCUT2D eigenvalue weighted by atomic mass is 9.67. The second-order valence-electron chi connectivity index (χ2n) is 5.92. The Kier molecular flexibility index (Phi) is 3.48. The van der Waals surface area contributed by atoms with Gasteiger partial charge in [0.15, 0.2) is 0 Å². The number of benzene rings is 1. The van der Waals surface area contributed by atoms with E-state index in [4.69, 9.17) is 11.5 Å². The summed E-state index contributed by atoms with van der Waals surface area (Å²) in [6, 6.07) is 6.81. The normalized spacial score (nSPS) is 19.0. The molecule has 0 fully saturated rings. The lowest BCUT2D eigenvalue weighted by Crippen LogP contribution is -2.45. The van der Waals surface area contributed by atoms with Gasteiger partial charge in [-0.05, 0) is 29.3 Å². The van der Waals surface area contributed by atoms with Gasteiger partial charge in [0.1, 0.15) is 0 Å². The largest absolute Gasteiger partial charge is 0.480 e. The molecule has 6 nitrogen and oxygen atoms in total. The lowest BCUT2D eigenvalue weighted by Gasteiger charge is -2.36. The van der Waals surface area contributed by atoms with Crippen molar-refractivity contribution in [1.29, 1.82) is 0 Å². The molecule has 0 aromatic heterocycles. The fourth-order valence-electron chi connectivity index (χ4n) is 2.65. The number of rotatable bonds is 3. The Morgan fingerprint density at radius 1 is 0.955 bits per heavy atom. The zero-order valence-corrected chi connectivity index (χ0v) is 12.3. The fourth-order valence-corrected chi connectivity index (χ4v) is 2.65. The van der Waals surface area contributed by atoms with E-state index < -0.39 is 22.8 Å². The van der Waals surface area contributed by atoms with E-state index in [1.54, 1.807) is 24.3 Å². The van der Waals surface area contributed by atoms with Crippen LogP contribution in [0.15, 0.2) is 42.1 Å². The average molecular weight is 302 g/mol. The quantitative estimate of drug-likeness (QED) is 0.497. The lowest BCUT2D eigenvalue weighted by molar-refractivity contribution is -0.158. The molecule has 0 amide bonds. The highest BCUT2D eigenvalue weighted by molar-refractivity contribution is 6.06. The Morgan fingerprint density at radius 2 is 1.45 bits per heavy atom. The Labute approximate surface area is 127 Å². The van der Waals surface area contributed by atoms with E-state index in [2.05, 4.69) is 0 Å². The van der Waals surface area contributed by atoms with Gasteiger partial charge in [0.2, 0.25) is 5.41 Å². The molecule has 1 aromatic rings. The van der Waals surface area contributed by atoms with E-state index in [1.165, 1.54) is 12.2 Å². The van der Waals surface area contributed by atoms with Crippen LogP contribution in [0.2, 0.25) is 0 Å². The van der Waals surface area contributed by atoms with E-state index in [-0.39, 0.29) is 5.70 Å². The van der Waals surface area contributed by atoms with Gasteiger partial charge in [-0.3, -0.25) is 9.59 Å². The van der Waals surface area contributed by atoms with E-state index >= 15 is 0 Å². The van der Waals surface area contributed by atoms with Crippen molar-refractivity contribution in [1.82, 2.24) is 0 Å². The molecule has 1 aliphatic carbocycles. The smallest absolute Gasteiger partial charge is 0.331 e. The number of aliphatic carboxylic acids is 2. The third kappa shape index (κ3) is 2.22. The molecule has 116 valence electrons. The van der Waals surface area contributed by atoms with Crippen molar-refractivity contribution in [3.63, 3.8) is 0 Å². The van der Waals surface area contributed by atoms with Crippen LogP contribution in [0.3, 0.4) is 0 Å². The van der Waals surface area contributed by atoms with Gasteiger partial charge in [0.05, 0.1) is 0 Å². The first-order valence-electron chi connectivity index (χ1n) is 6.66. The molecule has 0 radical (unpaired) electrons. The summed E-state index contributed by atoms with van der Waals surface area (Å²) in [5.74, 6) is -3.03. The summed E-state index contributed by atoms with van der Waals surface area (Å²) in [4.78, 5) is 23.2. The van der Waals surface area contributed by atoms with Crippen LogP contribution < -0.4 is 11.5 Å². The summed E-state index contributed by atoms with van der Waals surface area (Å²) in [5.41, 5.74) is 10.2. The molecule has 1 aromatic carbocycles. The van der Waals surface area contributed by atoms with Crippen molar-refractivity contribution >= 4 is 23.2 Å². The monoisotopic (exact) mass is 302 g/mol. The van der Waals surface area contributed by atoms with Gasteiger partial charge in [0, 0.05) is 16.8 Å². The first-order chi connectivity index (χ1) is 10.1. The van der Waals surface area contributed by atoms with Gasteiger partial charge >= 0.3 is 11.9 Å². The van der Waals surface area contributed by atoms with Crippen LogP contribution >= 0.6 is 0 Å². The number of nitrogens with two attached hydrogens (primary N) is 2. The predicted molar refractivity (Wildman–Crippen MR) is 82.6 cm³/mol. The standard InChI is InChI=1S/C16H18N2O4/c1-15(2)8-12(18)16(13(19)20,14(21)22)7-11(15)9-3-5-10(17)6-4-9/h3-8H,17-18H2,1-2H3,(H,19,20)(H,21,22). The maximum Gasteiger partial charge on any atom is 0.331 e. The van der Waals surface area contributed by atoms with Crippen molar-refractivity contribution in [2.75, 3.05) is 5.73 Å². The summed E-state index contributed by atoms with van der Waals surface area (Å²) in [6.45, 7) is 3.69. The highest BCUT2D eigenvalue weighted by atomic mass is 16.4. The Hall–Kier alpha value is -2.76. The SMILES string of the molecule is CC1(C)C=C(N)C(C(=O)O)(C(=O)O)C=C1c1ccc(N)cc1. The van der Waals surface area contributed by atoms with Gasteiger partial charge < -0.3 is 21.7 Å². The number of hydrogen-bond donors (Lipinski definition) is 4. The van der Waals surface area contributed by atoms with Crippen LogP contribution in [0.25, 0.3) is 5.57 Å². The maximum absolute atomic E-state index is 11.6. The molecule has 0 unspecified atom stereocenters. The first kappa shape index (κ1) is 15.6. The molecule has 0 saturated carbocycles. The second kappa shape index (κ2) is 4.91. The topological polar surface area (TPSA) is 127 Å². The molecule has 0 bridgehead atoms. The molecule has 0 spiro atoms. The maximum atomic E-state index is 11.6. The molecule has 0 aliphatic heterocycles. The van der Waals surface area contributed by atoms with Crippen molar-refractivity contribution in [2.24, 2.45) is 16.6 Å². The molecule has 6 N–H and O–H groups in total. The van der Waals surface area contributed by atoms with E-state index in [9.17, 15) is 19.8 Å². The van der Waals surface area contributed by atoms with E-state index in [0.29, 0.717) is 16.8 Å². The van der Waals surface area contributed by atoms with Crippen molar-refractivity contribution in [2.45, 2.75) is 13.8 Å². The van der Waals surface area contributed by atoms with Crippen molar-refractivity contribution in [3.8, 4) is 0 Å². The van der Waals surface area contributed by atoms with Crippen LogP contribution in [0.5, 0.6) is 0 Å². The van der Waals surface area contributed by atoms with Gasteiger partial charge in [-0.25, -0.2) is 0 Å². The Bertz CT molecular complexity index is 685. The molecule has 0 heterocycles. The second-order valence-corrected chi connectivity index (χ2v) is 5.92. The van der Waals surface area contributed by atoms with Gasteiger partial charge in [-0.15, -0.1) is 0 Å². The van der Waals surface area contributed by atoms with Gasteiger partial charge in [-0.1, -0.05) is 32.1 Å². The van der Waals surface area contributed by atoms with Crippen molar-refractivity contribution in [3.05, 3.63) is 47.7 Å². The van der Waals surface area contributed by atoms with Gasteiger partial charge in [0.25, 0.3) is 0 Å². The fraction of sp³-hybridized carbons (Fsp3) is 0.250. The minimum Gasteiger partial charge on any atom is -0.480 e. The third-order valence-corrected chi connectivity index (χ3v) is 3.92. The van der Waals surface area contributed by atoms with E-state index in [1.807, 2.05) is 13.8 Å². The van der Waals surface area contributed by atoms with Crippen LogP contribution in [0, 0.1) is 10.8 Å². The number of anilines is 1. The Balaban J connectivity index is 2.72. The van der Waals surface area contributed by atoms with Crippen LogP contribution in [-0.2, 0) is 9.59 Å². The molecule has 22 heavy (non-hydrogen) atoms. The number of nitrogen functional groups attached to an aromatic ring is 1. The zero-order valence-electron chi connectivity index (χ0n) is 12.3. The number of carboxylic acids is 2. The molecular formula is C16H18N2O4. The number of carboxylic acid groups (broad SMARTS) is 2. The van der Waals surface area contributed by atoms with Crippen LogP contribution in [0.1, 0.15) is 19.4 Å². The molecule has 1 aliphatic rings. The number of allylic oxidation sites excluding steroid dienone is 2. The minimum atomic E-state index is -2.26. The summed E-state index contributed by atoms with van der Waals surface area (Å²) in [5, 5.41) is 18.9. The average Bonchev–Trinajstić information content (AvgIpc) is 2.38. The molecular weight excluding hydrogens is 284 g/mol. The molecule has 6 heteroatoms. The zero-order chi connectivity index (χ0) is 16.7. The first-order valence-corrected chi connectivity index (χ1v) is 6.66. The summed E-state index contributed by atoms with van der Waals surface area (Å²) >= 11 is 0. The van der Waals surface area contributed by atoms with E-state index in [0.717, 1.165) is 0 Å². The molecule has 0 saturated heterocycles. The summed E-state index contributed by atoms with van der Waals surface area (Å²) in [6.07, 6.45) is 2.71. The van der Waals surface area contributed by atoms with Gasteiger partial charge in [-0.2, -0.15) is 0 Å². The summed E-state index contributed by atoms with van der Waals surface area (Å²) in [7, 11) is 0. The van der Waals surface area contributed by atoms with Crippen LogP contribution in [0.4, 0.5) is 5.69 Å². The highest BCUT2D eigenvalue weighted by Gasteiger charge is 2.51. The molecule has 2 rings (SSSR count). The molecule has 0 atom stereocenters. The minimum absolute atomic E-state index is 0.198. The number of hydrogen-bond acceptors (Lipinski definition) is 4. The summed E-state index contributed by atoms with van der Waals surface area (Å²) < 4.78 is 0. The predicted octanol–water partition coefficient (Wildman–Crippen LogP) is 1.69. The number of carbonyl (C=O) groups is 2. The third-order valence-electron chi connectivity index (χ3n) is 3.92.